The lowest BCUT2D eigenvalue weighted by Gasteiger charge is -2.07. The molecular weight excluding hydrogens is 338 g/mol. The third kappa shape index (κ3) is 3.50. The molecule has 0 amide bonds. The van der Waals surface area contributed by atoms with Gasteiger partial charge in [-0.05, 0) is 24.3 Å². The maximum absolute atomic E-state index is 12.2. The Morgan fingerprint density at radius 1 is 1.33 bits per heavy atom. The largest absolute Gasteiger partial charge is 0.393 e. The Bertz CT molecular complexity index is 789. The summed E-state index contributed by atoms with van der Waals surface area (Å²) in [6.45, 7) is -0.00826. The summed E-state index contributed by atoms with van der Waals surface area (Å²) < 4.78 is 27.2. The molecule has 1 heterocycles. The minimum atomic E-state index is -4.06. The molecule has 0 saturated heterocycles. The first-order chi connectivity index (χ1) is 9.81. The summed E-state index contributed by atoms with van der Waals surface area (Å²) in [5.74, 6) is 0. The second kappa shape index (κ2) is 5.98. The second-order valence-electron chi connectivity index (χ2n) is 3.98. The lowest BCUT2D eigenvalue weighted by atomic mass is 10.3. The van der Waals surface area contributed by atoms with E-state index in [0.717, 1.165) is 6.07 Å². The van der Waals surface area contributed by atoms with E-state index in [0.29, 0.717) is 9.21 Å². The van der Waals surface area contributed by atoms with Gasteiger partial charge in [0, 0.05) is 11.4 Å². The van der Waals surface area contributed by atoms with Gasteiger partial charge < -0.3 is 5.73 Å². The molecule has 0 atom stereocenters. The van der Waals surface area contributed by atoms with Crippen molar-refractivity contribution in [1.29, 1.82) is 0 Å². The first-order valence-electron chi connectivity index (χ1n) is 5.58. The van der Waals surface area contributed by atoms with Crippen LogP contribution in [0, 0.1) is 10.1 Å². The van der Waals surface area contributed by atoms with Gasteiger partial charge >= 0.3 is 5.69 Å². The summed E-state index contributed by atoms with van der Waals surface area (Å²) in [5, 5.41) is 11.0. The average molecular weight is 348 g/mol. The molecule has 1 aromatic carbocycles. The van der Waals surface area contributed by atoms with Crippen molar-refractivity contribution < 1.29 is 13.3 Å². The van der Waals surface area contributed by atoms with Crippen LogP contribution in [-0.2, 0) is 16.6 Å². The third-order valence-electron chi connectivity index (χ3n) is 2.57. The van der Waals surface area contributed by atoms with Gasteiger partial charge in [-0.2, -0.15) is 0 Å². The second-order valence-corrected chi connectivity index (χ2v) is 7.52. The lowest BCUT2D eigenvalue weighted by molar-refractivity contribution is -0.386. The fraction of sp³-hybridized carbons (Fsp3) is 0.0909. The molecule has 0 saturated carbocycles. The maximum atomic E-state index is 12.2. The number of anilines is 1. The van der Waals surface area contributed by atoms with E-state index >= 15 is 0 Å². The first-order valence-corrected chi connectivity index (χ1v) is 8.26. The van der Waals surface area contributed by atoms with E-state index in [1.165, 1.54) is 23.5 Å². The van der Waals surface area contributed by atoms with Crippen molar-refractivity contribution in [3.8, 4) is 0 Å². The van der Waals surface area contributed by atoms with Crippen LogP contribution in [0.15, 0.2) is 35.2 Å². The van der Waals surface area contributed by atoms with E-state index in [4.69, 9.17) is 17.3 Å². The summed E-state index contributed by atoms with van der Waals surface area (Å²) in [6.07, 6.45) is 0. The fourth-order valence-corrected chi connectivity index (χ4v) is 3.97. The molecule has 112 valence electrons. The molecule has 2 rings (SSSR count). The fourth-order valence-electron chi connectivity index (χ4n) is 1.64. The maximum Gasteiger partial charge on any atom is 0.312 e. The minimum Gasteiger partial charge on any atom is -0.393 e. The van der Waals surface area contributed by atoms with Crippen LogP contribution in [0.3, 0.4) is 0 Å². The quantitative estimate of drug-likeness (QED) is 0.489. The number of rotatable bonds is 5. The molecule has 1 aromatic heterocycles. The highest BCUT2D eigenvalue weighted by Gasteiger charge is 2.27. The number of nitrogen functional groups attached to an aromatic ring is 1. The van der Waals surface area contributed by atoms with Gasteiger partial charge in [0.15, 0.2) is 4.90 Å². The van der Waals surface area contributed by atoms with Gasteiger partial charge in [-0.1, -0.05) is 17.7 Å². The molecule has 3 N–H and O–H groups in total. The first kappa shape index (κ1) is 15.7. The summed E-state index contributed by atoms with van der Waals surface area (Å²) in [6, 6.07) is 7.06. The minimum absolute atomic E-state index is 0.00826. The molecule has 0 radical (unpaired) electrons. The third-order valence-corrected chi connectivity index (χ3v) is 5.23. The molecule has 2 aromatic rings. The number of nitrogens with two attached hydrogens (primary N) is 1. The number of nitro groups is 1. The predicted octanol–water partition coefficient (Wildman–Crippen LogP) is 2.37. The van der Waals surface area contributed by atoms with Gasteiger partial charge in [0.1, 0.15) is 5.69 Å². The SMILES string of the molecule is Nc1cccc(S(=O)(=O)NCc2ccc(Cl)s2)c1[N+](=O)[O-]. The highest BCUT2D eigenvalue weighted by Crippen LogP contribution is 2.30. The normalized spacial score (nSPS) is 11.5. The molecule has 0 bridgehead atoms. The predicted molar refractivity (Wildman–Crippen MR) is 80.9 cm³/mol. The Morgan fingerprint density at radius 2 is 2.05 bits per heavy atom. The number of halogens is 1. The Labute approximate surface area is 129 Å². The lowest BCUT2D eigenvalue weighted by Crippen LogP contribution is -2.24. The van der Waals surface area contributed by atoms with E-state index < -0.39 is 25.5 Å². The van der Waals surface area contributed by atoms with Crippen LogP contribution in [0.5, 0.6) is 0 Å². The molecule has 0 aliphatic rings. The number of nitrogens with zero attached hydrogens (tertiary/aromatic N) is 1. The highest BCUT2D eigenvalue weighted by atomic mass is 35.5. The molecule has 0 unspecified atom stereocenters. The number of nitro benzene ring substituents is 1. The van der Waals surface area contributed by atoms with Crippen LogP contribution in [0.4, 0.5) is 11.4 Å². The zero-order valence-corrected chi connectivity index (χ0v) is 12.8. The van der Waals surface area contributed by atoms with Crippen molar-refractivity contribution in [3.05, 3.63) is 49.7 Å². The van der Waals surface area contributed by atoms with Crippen LogP contribution in [-0.4, -0.2) is 13.3 Å². The van der Waals surface area contributed by atoms with E-state index in [1.54, 1.807) is 12.1 Å². The van der Waals surface area contributed by atoms with E-state index in [-0.39, 0.29) is 12.2 Å². The van der Waals surface area contributed by atoms with Crippen LogP contribution in [0.25, 0.3) is 0 Å². The molecule has 10 heteroatoms. The molecule has 0 fully saturated rings. The molecule has 0 aliphatic carbocycles. The molecule has 0 aliphatic heterocycles. The van der Waals surface area contributed by atoms with Crippen LogP contribution >= 0.6 is 22.9 Å². The van der Waals surface area contributed by atoms with Gasteiger partial charge in [0.2, 0.25) is 10.0 Å². The zero-order chi connectivity index (χ0) is 15.6. The van der Waals surface area contributed by atoms with Crippen molar-refractivity contribution in [2.45, 2.75) is 11.4 Å². The van der Waals surface area contributed by atoms with Gasteiger partial charge in [-0.15, -0.1) is 11.3 Å². The van der Waals surface area contributed by atoms with Crippen molar-refractivity contribution in [2.24, 2.45) is 0 Å². The van der Waals surface area contributed by atoms with E-state index in [1.807, 2.05) is 0 Å². The van der Waals surface area contributed by atoms with Crippen molar-refractivity contribution in [3.63, 3.8) is 0 Å². The number of hydrogen-bond acceptors (Lipinski definition) is 6. The Hall–Kier alpha value is -1.68. The topological polar surface area (TPSA) is 115 Å². The van der Waals surface area contributed by atoms with Crippen molar-refractivity contribution in [2.75, 3.05) is 5.73 Å². The smallest absolute Gasteiger partial charge is 0.312 e. The summed E-state index contributed by atoms with van der Waals surface area (Å²) >= 11 is 6.97. The summed E-state index contributed by atoms with van der Waals surface area (Å²) in [7, 11) is -4.06. The summed E-state index contributed by atoms with van der Waals surface area (Å²) in [5.41, 5.74) is 4.64. The molecule has 0 spiro atoms. The Balaban J connectivity index is 2.32. The Morgan fingerprint density at radius 3 is 2.62 bits per heavy atom. The van der Waals surface area contributed by atoms with E-state index in [9.17, 15) is 18.5 Å². The number of benzene rings is 1. The van der Waals surface area contributed by atoms with Gasteiger partial charge in [-0.3, -0.25) is 10.1 Å². The van der Waals surface area contributed by atoms with Gasteiger partial charge in [-0.25, -0.2) is 13.1 Å². The van der Waals surface area contributed by atoms with Gasteiger partial charge in [0.05, 0.1) is 9.26 Å². The molecule has 21 heavy (non-hydrogen) atoms. The number of para-hydroxylation sites is 1. The monoisotopic (exact) mass is 347 g/mol. The molecular formula is C11H10ClN3O4S2. The van der Waals surface area contributed by atoms with Crippen LogP contribution < -0.4 is 10.5 Å². The highest BCUT2D eigenvalue weighted by molar-refractivity contribution is 7.89. The molecule has 7 nitrogen and oxygen atoms in total. The zero-order valence-electron chi connectivity index (χ0n) is 10.4. The standard InChI is InChI=1S/C11H10ClN3O4S2/c12-10-5-4-7(20-10)6-14-21(18,19)9-3-1-2-8(13)11(9)15(16)17/h1-5,14H,6,13H2. The van der Waals surface area contributed by atoms with Crippen LogP contribution in [0.2, 0.25) is 4.34 Å². The number of nitrogens with one attached hydrogen (secondary N) is 1. The number of thiophene rings is 1. The van der Waals surface area contributed by atoms with Crippen LogP contribution in [0.1, 0.15) is 4.88 Å². The Kier molecular flexibility index (Phi) is 4.47. The van der Waals surface area contributed by atoms with E-state index in [2.05, 4.69) is 4.72 Å². The van der Waals surface area contributed by atoms with Gasteiger partial charge in [0.25, 0.3) is 0 Å². The number of hydrogen-bond donors (Lipinski definition) is 2. The van der Waals surface area contributed by atoms with Crippen molar-refractivity contribution >= 4 is 44.3 Å². The summed E-state index contributed by atoms with van der Waals surface area (Å²) in [4.78, 5) is 10.4. The average Bonchev–Trinajstić information content (AvgIpc) is 2.82. The number of sulfonamides is 1. The van der Waals surface area contributed by atoms with Crippen molar-refractivity contribution in [1.82, 2.24) is 4.72 Å².